The van der Waals surface area contributed by atoms with Crippen molar-refractivity contribution < 1.29 is 0 Å². The molecule has 7 heteroatoms. The maximum absolute atomic E-state index is 6.09. The summed E-state index contributed by atoms with van der Waals surface area (Å²) in [6, 6.07) is 9.80. The van der Waals surface area contributed by atoms with Gasteiger partial charge in [0.15, 0.2) is 0 Å². The summed E-state index contributed by atoms with van der Waals surface area (Å²) in [6.07, 6.45) is 6.31. The predicted octanol–water partition coefficient (Wildman–Crippen LogP) is 4.57. The Kier molecular flexibility index (Phi) is 5.14. The molecule has 0 amide bonds. The van der Waals surface area contributed by atoms with Crippen molar-refractivity contribution in [3.63, 3.8) is 0 Å². The minimum atomic E-state index is 0.324. The molecule has 0 fully saturated rings. The summed E-state index contributed by atoms with van der Waals surface area (Å²) in [5.74, 6) is 1.93. The number of hydrogen-bond acceptors (Lipinski definition) is 5. The molecule has 0 bridgehead atoms. The number of anilines is 2. The van der Waals surface area contributed by atoms with Crippen LogP contribution in [0, 0.1) is 0 Å². The molecule has 5 nitrogen and oxygen atoms in total. The first-order chi connectivity index (χ1) is 13.1. The normalized spacial score (nSPS) is 15.3. The van der Waals surface area contributed by atoms with Crippen LogP contribution in [0.5, 0.6) is 0 Å². The first kappa shape index (κ1) is 18.0. The van der Waals surface area contributed by atoms with Crippen molar-refractivity contribution in [1.29, 1.82) is 0 Å². The zero-order valence-electron chi connectivity index (χ0n) is 14.9. The molecule has 1 aliphatic heterocycles. The highest BCUT2D eigenvalue weighted by Crippen LogP contribution is 2.33. The summed E-state index contributed by atoms with van der Waals surface area (Å²) >= 11 is 12.1. The molecule has 3 heterocycles. The molecule has 1 aliphatic rings. The van der Waals surface area contributed by atoms with E-state index >= 15 is 0 Å². The van der Waals surface area contributed by atoms with Crippen molar-refractivity contribution in [1.82, 2.24) is 15.0 Å². The maximum atomic E-state index is 6.09. The fourth-order valence-electron chi connectivity index (χ4n) is 3.34. The summed E-state index contributed by atoms with van der Waals surface area (Å²) in [7, 11) is 1.97. The predicted molar refractivity (Wildman–Crippen MR) is 110 cm³/mol. The molecule has 0 aliphatic carbocycles. The van der Waals surface area contributed by atoms with Crippen LogP contribution in [0.1, 0.15) is 22.6 Å². The zero-order chi connectivity index (χ0) is 18.8. The Morgan fingerprint density at radius 3 is 2.63 bits per heavy atom. The Bertz CT molecular complexity index is 945. The van der Waals surface area contributed by atoms with Crippen LogP contribution < -0.4 is 10.2 Å². The van der Waals surface area contributed by atoms with E-state index in [4.69, 9.17) is 23.2 Å². The van der Waals surface area contributed by atoms with E-state index in [1.807, 2.05) is 54.7 Å². The van der Waals surface area contributed by atoms with Crippen LogP contribution in [0.3, 0.4) is 0 Å². The monoisotopic (exact) mass is 399 g/mol. The second-order valence-electron chi connectivity index (χ2n) is 6.75. The maximum Gasteiger partial charge on any atom is 0.225 e. The van der Waals surface area contributed by atoms with Gasteiger partial charge in [0.1, 0.15) is 5.82 Å². The Hall–Kier alpha value is -2.37. The Morgan fingerprint density at radius 2 is 1.85 bits per heavy atom. The van der Waals surface area contributed by atoms with E-state index in [0.717, 1.165) is 40.5 Å². The molecule has 1 atom stereocenters. The van der Waals surface area contributed by atoms with Gasteiger partial charge in [-0.1, -0.05) is 35.3 Å². The van der Waals surface area contributed by atoms with Crippen LogP contribution in [0.15, 0.2) is 48.9 Å². The molecule has 0 spiro atoms. The van der Waals surface area contributed by atoms with Crippen molar-refractivity contribution in [2.75, 3.05) is 23.8 Å². The average molecular weight is 400 g/mol. The molecule has 0 saturated carbocycles. The van der Waals surface area contributed by atoms with Crippen LogP contribution >= 0.6 is 23.2 Å². The molecule has 27 heavy (non-hydrogen) atoms. The Balaban J connectivity index is 1.43. The number of benzene rings is 1. The molecule has 138 valence electrons. The number of rotatable bonds is 5. The zero-order valence-corrected chi connectivity index (χ0v) is 16.4. The molecule has 1 aromatic carbocycles. The number of nitrogens with zero attached hydrogens (tertiary/aromatic N) is 4. The fraction of sp³-hybridized carbons (Fsp3) is 0.250. The van der Waals surface area contributed by atoms with Gasteiger partial charge in [0.05, 0.1) is 5.02 Å². The van der Waals surface area contributed by atoms with E-state index in [-0.39, 0.29) is 0 Å². The smallest absolute Gasteiger partial charge is 0.225 e. The first-order valence-electron chi connectivity index (χ1n) is 8.74. The van der Waals surface area contributed by atoms with Crippen molar-refractivity contribution in [3.8, 4) is 0 Å². The third kappa shape index (κ3) is 4.15. The van der Waals surface area contributed by atoms with E-state index in [2.05, 4.69) is 20.3 Å². The van der Waals surface area contributed by atoms with Crippen molar-refractivity contribution >= 4 is 35.0 Å². The fourth-order valence-corrected chi connectivity index (χ4v) is 3.72. The average Bonchev–Trinajstić information content (AvgIpc) is 3.04. The SMILES string of the molecule is CN(Cc1cccc(Cl)c1)c1ncc(CC2CNc3ncc(Cl)cc32)cn1. The summed E-state index contributed by atoms with van der Waals surface area (Å²) in [6.45, 7) is 1.54. The van der Waals surface area contributed by atoms with Gasteiger partial charge < -0.3 is 10.2 Å². The summed E-state index contributed by atoms with van der Waals surface area (Å²) < 4.78 is 0. The largest absolute Gasteiger partial charge is 0.369 e. The summed E-state index contributed by atoms with van der Waals surface area (Å²) in [5.41, 5.74) is 3.37. The summed E-state index contributed by atoms with van der Waals surface area (Å²) in [4.78, 5) is 15.4. The van der Waals surface area contributed by atoms with Gasteiger partial charge in [-0.2, -0.15) is 0 Å². The molecule has 0 saturated heterocycles. The third-order valence-corrected chi connectivity index (χ3v) is 5.11. The molecular weight excluding hydrogens is 381 g/mol. The highest BCUT2D eigenvalue weighted by Gasteiger charge is 2.24. The highest BCUT2D eigenvalue weighted by atomic mass is 35.5. The number of aromatic nitrogens is 3. The molecular formula is C20H19Cl2N5. The topological polar surface area (TPSA) is 53.9 Å². The van der Waals surface area contributed by atoms with Crippen molar-refractivity contribution in [3.05, 3.63) is 75.7 Å². The molecule has 1 N–H and O–H groups in total. The van der Waals surface area contributed by atoms with Crippen LogP contribution in [-0.2, 0) is 13.0 Å². The molecule has 2 aromatic heterocycles. The van der Waals surface area contributed by atoms with Crippen LogP contribution in [-0.4, -0.2) is 28.5 Å². The van der Waals surface area contributed by atoms with Crippen LogP contribution in [0.2, 0.25) is 10.0 Å². The minimum absolute atomic E-state index is 0.324. The van der Waals surface area contributed by atoms with E-state index in [1.165, 1.54) is 0 Å². The van der Waals surface area contributed by atoms with E-state index in [0.29, 0.717) is 23.4 Å². The van der Waals surface area contributed by atoms with Gasteiger partial charge in [-0.05, 0) is 35.7 Å². The number of pyridine rings is 1. The lowest BCUT2D eigenvalue weighted by atomic mass is 9.96. The van der Waals surface area contributed by atoms with Gasteiger partial charge in [-0.15, -0.1) is 0 Å². The Labute approximate surface area is 168 Å². The van der Waals surface area contributed by atoms with Gasteiger partial charge in [0.25, 0.3) is 0 Å². The standard InChI is InChI=1S/C20H19Cl2N5/c1-27(12-13-3-2-4-16(21)6-13)20-25-8-14(9-26-20)5-15-10-23-19-18(15)7-17(22)11-24-19/h2-4,6-9,11,15H,5,10,12H2,1H3,(H,23,24). The van der Waals surface area contributed by atoms with Gasteiger partial charge in [-0.3, -0.25) is 0 Å². The lowest BCUT2D eigenvalue weighted by Gasteiger charge is -2.17. The molecule has 0 radical (unpaired) electrons. The van der Waals surface area contributed by atoms with Crippen molar-refractivity contribution in [2.24, 2.45) is 0 Å². The minimum Gasteiger partial charge on any atom is -0.369 e. The molecule has 3 aromatic rings. The van der Waals surface area contributed by atoms with Gasteiger partial charge in [-0.25, -0.2) is 15.0 Å². The molecule has 4 rings (SSSR count). The second kappa shape index (κ2) is 7.71. The number of nitrogens with one attached hydrogen (secondary N) is 1. The second-order valence-corrected chi connectivity index (χ2v) is 7.62. The first-order valence-corrected chi connectivity index (χ1v) is 9.50. The summed E-state index contributed by atoms with van der Waals surface area (Å²) in [5, 5.41) is 4.73. The highest BCUT2D eigenvalue weighted by molar-refractivity contribution is 6.30. The number of halogens is 2. The van der Waals surface area contributed by atoms with Crippen LogP contribution in [0.4, 0.5) is 11.8 Å². The van der Waals surface area contributed by atoms with Gasteiger partial charge in [0, 0.05) is 55.2 Å². The number of fused-ring (bicyclic) bond motifs is 1. The number of hydrogen-bond donors (Lipinski definition) is 1. The lowest BCUT2D eigenvalue weighted by Crippen LogP contribution is -2.19. The van der Waals surface area contributed by atoms with Gasteiger partial charge >= 0.3 is 0 Å². The molecule has 1 unspecified atom stereocenters. The van der Waals surface area contributed by atoms with E-state index < -0.39 is 0 Å². The lowest BCUT2D eigenvalue weighted by molar-refractivity contribution is 0.743. The van der Waals surface area contributed by atoms with E-state index in [9.17, 15) is 0 Å². The van der Waals surface area contributed by atoms with Crippen LogP contribution in [0.25, 0.3) is 0 Å². The van der Waals surface area contributed by atoms with Crippen molar-refractivity contribution in [2.45, 2.75) is 18.9 Å². The van der Waals surface area contributed by atoms with E-state index in [1.54, 1.807) is 6.20 Å². The Morgan fingerprint density at radius 1 is 1.04 bits per heavy atom. The quantitative estimate of drug-likeness (QED) is 0.680. The third-order valence-electron chi connectivity index (χ3n) is 4.66. The van der Waals surface area contributed by atoms with Gasteiger partial charge in [0.2, 0.25) is 5.95 Å².